The molecule has 0 fully saturated rings. The zero-order chi connectivity index (χ0) is 16.3. The van der Waals surface area contributed by atoms with Gasteiger partial charge >= 0.3 is 0 Å². The van der Waals surface area contributed by atoms with E-state index in [0.29, 0.717) is 0 Å². The van der Waals surface area contributed by atoms with Crippen molar-refractivity contribution in [2.45, 2.75) is 78.1 Å². The Hall–Kier alpha value is -0.870. The summed E-state index contributed by atoms with van der Waals surface area (Å²) in [6.07, 6.45) is 14.0. The van der Waals surface area contributed by atoms with Crippen LogP contribution in [0.3, 0.4) is 0 Å². The molecule has 0 aromatic rings. The van der Waals surface area contributed by atoms with Gasteiger partial charge in [0.15, 0.2) is 0 Å². The molecule has 0 aliphatic heterocycles. The summed E-state index contributed by atoms with van der Waals surface area (Å²) in [6, 6.07) is 0. The van der Waals surface area contributed by atoms with E-state index in [-0.39, 0.29) is 5.91 Å². The van der Waals surface area contributed by atoms with Crippen LogP contribution in [0.1, 0.15) is 78.1 Å². The molecule has 0 heterocycles. The fourth-order valence-electron chi connectivity index (χ4n) is 2.27. The van der Waals surface area contributed by atoms with E-state index in [2.05, 4.69) is 32.1 Å². The molecule has 0 radical (unpaired) electrons. The van der Waals surface area contributed by atoms with E-state index in [0.717, 1.165) is 25.9 Å². The number of carbonyl (C=O) groups is 1. The monoisotopic (exact) mass is 299 g/mol. The lowest BCUT2D eigenvalue weighted by Gasteiger charge is -2.21. The third-order valence-electron chi connectivity index (χ3n) is 3.55. The summed E-state index contributed by atoms with van der Waals surface area (Å²) in [7, 11) is 0. The first-order valence-electron chi connectivity index (χ1n) is 8.50. The number of rotatable bonds is 13. The number of hydrogen-bond donors (Lipinski definition) is 2. The minimum atomic E-state index is 0.103. The van der Waals surface area contributed by atoms with Crippen molar-refractivity contribution in [3.8, 4) is 0 Å². The molecule has 0 rings (SSSR count). The van der Waals surface area contributed by atoms with Gasteiger partial charge in [0.1, 0.15) is 0 Å². The Bertz CT molecular complexity index is 218. The molecule has 4 N–H and O–H groups in total. The van der Waals surface area contributed by atoms with E-state index in [1.165, 1.54) is 57.4 Å². The second-order valence-electron chi connectivity index (χ2n) is 5.36. The molecule has 4 heteroatoms. The molecule has 0 saturated carbocycles. The van der Waals surface area contributed by atoms with E-state index in [9.17, 15) is 4.79 Å². The highest BCUT2D eigenvalue weighted by Crippen LogP contribution is 2.07. The maximum atomic E-state index is 11.8. The SMILES string of the molecule is C=CC(=O)N(CCCCCCC)CCCCCCC.NN. The topological polar surface area (TPSA) is 72.3 Å². The summed E-state index contributed by atoms with van der Waals surface area (Å²) in [6.45, 7) is 9.87. The lowest BCUT2D eigenvalue weighted by atomic mass is 10.1. The lowest BCUT2D eigenvalue weighted by Crippen LogP contribution is -2.31. The summed E-state index contributed by atoms with van der Waals surface area (Å²) in [5, 5.41) is 0. The van der Waals surface area contributed by atoms with Crippen molar-refractivity contribution in [3.63, 3.8) is 0 Å². The molecule has 126 valence electrons. The molecule has 0 aromatic heterocycles. The van der Waals surface area contributed by atoms with Crippen molar-refractivity contribution in [3.05, 3.63) is 12.7 Å². The van der Waals surface area contributed by atoms with Crippen molar-refractivity contribution in [1.82, 2.24) is 4.90 Å². The number of unbranched alkanes of at least 4 members (excludes halogenated alkanes) is 8. The zero-order valence-corrected chi connectivity index (χ0v) is 14.3. The molecular weight excluding hydrogens is 262 g/mol. The minimum Gasteiger partial charge on any atom is -0.339 e. The van der Waals surface area contributed by atoms with E-state index in [4.69, 9.17) is 0 Å². The predicted octanol–water partition coefficient (Wildman–Crippen LogP) is 3.76. The van der Waals surface area contributed by atoms with Crippen molar-refractivity contribution >= 4 is 5.91 Å². The van der Waals surface area contributed by atoms with Crippen LogP contribution in [-0.4, -0.2) is 23.9 Å². The smallest absolute Gasteiger partial charge is 0.245 e. The van der Waals surface area contributed by atoms with Gasteiger partial charge in [0.25, 0.3) is 0 Å². The fraction of sp³-hybridized carbons (Fsp3) is 0.824. The van der Waals surface area contributed by atoms with Gasteiger partial charge in [-0.1, -0.05) is 71.8 Å². The summed E-state index contributed by atoms with van der Waals surface area (Å²) in [4.78, 5) is 13.7. The van der Waals surface area contributed by atoms with Crippen molar-refractivity contribution < 1.29 is 4.79 Å². The molecule has 21 heavy (non-hydrogen) atoms. The van der Waals surface area contributed by atoms with Crippen LogP contribution in [0.25, 0.3) is 0 Å². The van der Waals surface area contributed by atoms with Crippen LogP contribution in [0, 0.1) is 0 Å². The number of hydrazine groups is 1. The fourth-order valence-corrected chi connectivity index (χ4v) is 2.27. The van der Waals surface area contributed by atoms with Crippen LogP contribution in [0.15, 0.2) is 12.7 Å². The lowest BCUT2D eigenvalue weighted by molar-refractivity contribution is -0.126. The summed E-state index contributed by atoms with van der Waals surface area (Å²) < 4.78 is 0. The molecule has 0 spiro atoms. The number of hydrogen-bond acceptors (Lipinski definition) is 3. The molecule has 4 nitrogen and oxygen atoms in total. The first-order valence-corrected chi connectivity index (χ1v) is 8.50. The standard InChI is InChI=1S/C17H33NO.H4N2/c1-4-7-9-11-13-15-18(17(19)6-3)16-14-12-10-8-5-2;1-2/h6H,3-5,7-16H2,1-2H3;1-2H2. The predicted molar refractivity (Wildman–Crippen MR) is 92.7 cm³/mol. The number of nitrogens with zero attached hydrogens (tertiary/aromatic N) is 1. The van der Waals surface area contributed by atoms with Crippen molar-refractivity contribution in [2.24, 2.45) is 11.7 Å². The van der Waals surface area contributed by atoms with Gasteiger partial charge in [0.05, 0.1) is 0 Å². The first-order chi connectivity index (χ1) is 10.3. The van der Waals surface area contributed by atoms with Crippen LogP contribution >= 0.6 is 0 Å². The van der Waals surface area contributed by atoms with Crippen LogP contribution in [0.4, 0.5) is 0 Å². The maximum Gasteiger partial charge on any atom is 0.245 e. The largest absolute Gasteiger partial charge is 0.339 e. The van der Waals surface area contributed by atoms with Crippen LogP contribution in [0.2, 0.25) is 0 Å². The van der Waals surface area contributed by atoms with Gasteiger partial charge in [-0.05, 0) is 18.9 Å². The van der Waals surface area contributed by atoms with Crippen LogP contribution in [-0.2, 0) is 4.79 Å². The second-order valence-corrected chi connectivity index (χ2v) is 5.36. The van der Waals surface area contributed by atoms with E-state index in [1.54, 1.807) is 0 Å². The summed E-state index contributed by atoms with van der Waals surface area (Å²) >= 11 is 0. The maximum absolute atomic E-state index is 11.8. The Morgan fingerprint density at radius 2 is 1.24 bits per heavy atom. The second kappa shape index (κ2) is 19.1. The molecule has 0 aliphatic rings. The minimum absolute atomic E-state index is 0.103. The van der Waals surface area contributed by atoms with Crippen molar-refractivity contribution in [2.75, 3.05) is 13.1 Å². The van der Waals surface area contributed by atoms with E-state index >= 15 is 0 Å². The van der Waals surface area contributed by atoms with E-state index < -0.39 is 0 Å². The molecular formula is C17H37N3O. The number of carbonyl (C=O) groups excluding carboxylic acids is 1. The Labute approximate surface area is 131 Å². The highest BCUT2D eigenvalue weighted by molar-refractivity contribution is 5.86. The summed E-state index contributed by atoms with van der Waals surface area (Å²) in [5.74, 6) is 8.10. The highest BCUT2D eigenvalue weighted by atomic mass is 16.2. The molecule has 0 aliphatic carbocycles. The van der Waals surface area contributed by atoms with Gasteiger partial charge in [0, 0.05) is 13.1 Å². The normalized spacial score (nSPS) is 9.71. The molecule has 0 atom stereocenters. The Balaban J connectivity index is 0. The highest BCUT2D eigenvalue weighted by Gasteiger charge is 2.08. The first kappa shape index (κ1) is 22.4. The van der Waals surface area contributed by atoms with Crippen LogP contribution in [0.5, 0.6) is 0 Å². The van der Waals surface area contributed by atoms with Crippen molar-refractivity contribution in [1.29, 1.82) is 0 Å². The van der Waals surface area contributed by atoms with Gasteiger partial charge in [-0.15, -0.1) is 0 Å². The molecule has 0 aromatic carbocycles. The van der Waals surface area contributed by atoms with Gasteiger partial charge < -0.3 is 4.90 Å². The summed E-state index contributed by atoms with van der Waals surface area (Å²) in [5.41, 5.74) is 0. The average Bonchev–Trinajstić information content (AvgIpc) is 2.53. The van der Waals surface area contributed by atoms with Gasteiger partial charge in [0.2, 0.25) is 5.91 Å². The molecule has 0 unspecified atom stereocenters. The average molecular weight is 300 g/mol. The third kappa shape index (κ3) is 15.3. The van der Waals surface area contributed by atoms with Gasteiger partial charge in [-0.2, -0.15) is 0 Å². The van der Waals surface area contributed by atoms with E-state index in [1.807, 2.05) is 4.90 Å². The third-order valence-corrected chi connectivity index (χ3v) is 3.55. The Morgan fingerprint density at radius 1 is 0.857 bits per heavy atom. The van der Waals surface area contributed by atoms with Gasteiger partial charge in [-0.3, -0.25) is 16.5 Å². The van der Waals surface area contributed by atoms with Gasteiger partial charge in [-0.25, -0.2) is 0 Å². The van der Waals surface area contributed by atoms with Crippen LogP contribution < -0.4 is 11.7 Å². The molecule has 0 bridgehead atoms. The number of amides is 1. The zero-order valence-electron chi connectivity index (χ0n) is 14.3. The molecule has 1 amide bonds. The quantitative estimate of drug-likeness (QED) is 0.235. The molecule has 0 saturated heterocycles. The Kier molecular flexibility index (Phi) is 20.4. The Morgan fingerprint density at radius 3 is 1.57 bits per heavy atom. The number of nitrogens with two attached hydrogens (primary N) is 2.